The number of aromatic amines is 1. The van der Waals surface area contributed by atoms with Gasteiger partial charge in [-0.1, -0.05) is 30.3 Å². The minimum atomic E-state index is -0.428. The van der Waals surface area contributed by atoms with Crippen LogP contribution in [0.25, 0.3) is 10.2 Å². The molecule has 0 radical (unpaired) electrons. The highest BCUT2D eigenvalue weighted by Crippen LogP contribution is 2.12. The normalized spacial score (nSPS) is 12.2. The monoisotopic (exact) mass is 385 g/mol. The van der Waals surface area contributed by atoms with Gasteiger partial charge in [-0.3, -0.25) is 14.2 Å². The quantitative estimate of drug-likeness (QED) is 0.625. The van der Waals surface area contributed by atoms with Crippen LogP contribution in [0.2, 0.25) is 0 Å². The van der Waals surface area contributed by atoms with Gasteiger partial charge >= 0.3 is 5.69 Å². The number of aromatic nitrogens is 2. The molecule has 1 amide bonds. The number of hydrogen-bond donors (Lipinski definition) is 2. The predicted octanol–water partition coefficient (Wildman–Crippen LogP) is 2.67. The van der Waals surface area contributed by atoms with Crippen molar-refractivity contribution in [3.05, 3.63) is 68.2 Å². The third-order valence-corrected chi connectivity index (χ3v) is 5.40. The topological polar surface area (TPSA) is 84.0 Å². The largest absolute Gasteiger partial charge is 0.354 e. The Morgan fingerprint density at radius 2 is 2.00 bits per heavy atom. The van der Waals surface area contributed by atoms with Crippen LogP contribution in [0.3, 0.4) is 0 Å². The molecule has 0 saturated heterocycles. The van der Waals surface area contributed by atoms with Crippen LogP contribution < -0.4 is 16.6 Å². The Morgan fingerprint density at radius 3 is 2.78 bits per heavy atom. The van der Waals surface area contributed by atoms with Crippen LogP contribution in [-0.4, -0.2) is 21.5 Å². The van der Waals surface area contributed by atoms with Gasteiger partial charge in [-0.15, -0.1) is 11.3 Å². The molecule has 3 rings (SSSR count). The fraction of sp³-hybridized carbons (Fsp3) is 0.350. The second-order valence-electron chi connectivity index (χ2n) is 6.65. The maximum atomic E-state index is 12.3. The molecule has 0 aliphatic heterocycles. The maximum absolute atomic E-state index is 12.3. The van der Waals surface area contributed by atoms with E-state index in [1.54, 1.807) is 11.4 Å². The average Bonchev–Trinajstić information content (AvgIpc) is 3.12. The van der Waals surface area contributed by atoms with Gasteiger partial charge in [0.25, 0.3) is 5.56 Å². The molecule has 2 heterocycles. The summed E-state index contributed by atoms with van der Waals surface area (Å²) in [5.74, 6) is -0.0581. The van der Waals surface area contributed by atoms with E-state index >= 15 is 0 Å². The standard InChI is InChI=1S/C20H23N3O3S/c1-14(9-10-15-6-3-2-4-7-15)21-17(24)8-5-12-23-19(25)18-16(11-13-27-18)22-20(23)26/h2-4,6-7,11,13-14H,5,8-10,12H2,1H3,(H,21,24)(H,22,26). The van der Waals surface area contributed by atoms with Crippen molar-refractivity contribution < 1.29 is 4.79 Å². The predicted molar refractivity (Wildman–Crippen MR) is 108 cm³/mol. The molecule has 0 bridgehead atoms. The van der Waals surface area contributed by atoms with E-state index in [2.05, 4.69) is 22.4 Å². The number of H-pyrrole nitrogens is 1. The Kier molecular flexibility index (Phi) is 6.24. The zero-order valence-electron chi connectivity index (χ0n) is 15.2. The summed E-state index contributed by atoms with van der Waals surface area (Å²) in [5, 5.41) is 4.76. The molecule has 6 nitrogen and oxygen atoms in total. The molecule has 0 spiro atoms. The molecule has 2 N–H and O–H groups in total. The van der Waals surface area contributed by atoms with Crippen molar-refractivity contribution in [1.82, 2.24) is 14.9 Å². The van der Waals surface area contributed by atoms with E-state index in [0.29, 0.717) is 16.6 Å². The van der Waals surface area contributed by atoms with Gasteiger partial charge in [-0.2, -0.15) is 0 Å². The number of carbonyl (C=O) groups excluding carboxylic acids is 1. The van der Waals surface area contributed by atoms with Crippen molar-refractivity contribution in [2.24, 2.45) is 0 Å². The Bertz CT molecular complexity index is 1020. The molecule has 2 aromatic heterocycles. The van der Waals surface area contributed by atoms with Crippen molar-refractivity contribution in [2.45, 2.75) is 45.2 Å². The minimum Gasteiger partial charge on any atom is -0.354 e. The molecule has 27 heavy (non-hydrogen) atoms. The van der Waals surface area contributed by atoms with Crippen LogP contribution in [0.4, 0.5) is 0 Å². The molecule has 1 atom stereocenters. The molecule has 3 aromatic rings. The number of hydrogen-bond acceptors (Lipinski definition) is 4. The highest BCUT2D eigenvalue weighted by atomic mass is 32.1. The summed E-state index contributed by atoms with van der Waals surface area (Å²) in [6, 6.07) is 12.0. The first-order valence-corrected chi connectivity index (χ1v) is 9.96. The number of fused-ring (bicyclic) bond motifs is 1. The molecular formula is C20H23N3O3S. The lowest BCUT2D eigenvalue weighted by atomic mass is 10.1. The summed E-state index contributed by atoms with van der Waals surface area (Å²) in [6.07, 6.45) is 2.50. The van der Waals surface area contributed by atoms with E-state index in [-0.39, 0.29) is 30.5 Å². The first kappa shape index (κ1) is 19.1. The number of carbonyl (C=O) groups is 1. The van der Waals surface area contributed by atoms with E-state index in [1.165, 1.54) is 21.5 Å². The molecule has 7 heteroatoms. The van der Waals surface area contributed by atoms with Crippen molar-refractivity contribution >= 4 is 27.5 Å². The van der Waals surface area contributed by atoms with Gasteiger partial charge < -0.3 is 10.3 Å². The summed E-state index contributed by atoms with van der Waals surface area (Å²) in [4.78, 5) is 39.2. The second-order valence-corrected chi connectivity index (χ2v) is 7.56. The van der Waals surface area contributed by atoms with Gasteiger partial charge in [0.15, 0.2) is 0 Å². The van der Waals surface area contributed by atoms with E-state index in [1.807, 2.05) is 25.1 Å². The third kappa shape index (κ3) is 4.95. The van der Waals surface area contributed by atoms with Crippen LogP contribution in [0, 0.1) is 0 Å². The van der Waals surface area contributed by atoms with Crippen molar-refractivity contribution in [1.29, 1.82) is 0 Å². The summed E-state index contributed by atoms with van der Waals surface area (Å²) in [5.41, 5.74) is 1.10. The number of rotatable bonds is 8. The Balaban J connectivity index is 1.47. The minimum absolute atomic E-state index is 0.0581. The summed E-state index contributed by atoms with van der Waals surface area (Å²) >= 11 is 1.31. The fourth-order valence-corrected chi connectivity index (χ4v) is 3.82. The molecule has 1 aromatic carbocycles. The van der Waals surface area contributed by atoms with Gasteiger partial charge in [0.1, 0.15) is 4.70 Å². The summed E-state index contributed by atoms with van der Waals surface area (Å²) in [7, 11) is 0. The van der Waals surface area contributed by atoms with E-state index in [0.717, 1.165) is 12.8 Å². The Hall–Kier alpha value is -2.67. The van der Waals surface area contributed by atoms with E-state index in [4.69, 9.17) is 0 Å². The van der Waals surface area contributed by atoms with Gasteiger partial charge in [0, 0.05) is 19.0 Å². The highest BCUT2D eigenvalue weighted by Gasteiger charge is 2.11. The van der Waals surface area contributed by atoms with Crippen molar-refractivity contribution in [2.75, 3.05) is 0 Å². The van der Waals surface area contributed by atoms with Crippen LogP contribution >= 0.6 is 11.3 Å². The molecule has 0 fully saturated rings. The lowest BCUT2D eigenvalue weighted by Crippen LogP contribution is -2.36. The lowest BCUT2D eigenvalue weighted by Gasteiger charge is -2.14. The molecule has 0 aliphatic rings. The van der Waals surface area contributed by atoms with E-state index < -0.39 is 5.69 Å². The number of benzene rings is 1. The van der Waals surface area contributed by atoms with Gasteiger partial charge in [-0.05, 0) is 43.2 Å². The molecular weight excluding hydrogens is 362 g/mol. The highest BCUT2D eigenvalue weighted by molar-refractivity contribution is 7.17. The van der Waals surface area contributed by atoms with Gasteiger partial charge in [-0.25, -0.2) is 4.79 Å². The summed E-state index contributed by atoms with van der Waals surface area (Å²) < 4.78 is 1.71. The SMILES string of the molecule is CC(CCc1ccccc1)NC(=O)CCCn1c(=O)[nH]c2ccsc2c1=O. The number of amides is 1. The average molecular weight is 385 g/mol. The lowest BCUT2D eigenvalue weighted by molar-refractivity contribution is -0.121. The number of thiophene rings is 1. The van der Waals surface area contributed by atoms with Crippen LogP contribution in [0.5, 0.6) is 0 Å². The zero-order chi connectivity index (χ0) is 19.2. The second kappa shape index (κ2) is 8.81. The molecule has 0 saturated carbocycles. The van der Waals surface area contributed by atoms with E-state index in [9.17, 15) is 14.4 Å². The van der Waals surface area contributed by atoms with Crippen molar-refractivity contribution in [3.63, 3.8) is 0 Å². The smallest absolute Gasteiger partial charge is 0.328 e. The number of nitrogens with zero attached hydrogens (tertiary/aromatic N) is 1. The first-order chi connectivity index (χ1) is 13.0. The van der Waals surface area contributed by atoms with Gasteiger partial charge in [0.05, 0.1) is 5.52 Å². The maximum Gasteiger partial charge on any atom is 0.328 e. The van der Waals surface area contributed by atoms with Crippen LogP contribution in [0.1, 0.15) is 31.7 Å². The van der Waals surface area contributed by atoms with Crippen LogP contribution in [-0.2, 0) is 17.8 Å². The molecule has 1 unspecified atom stereocenters. The Labute approximate surface area is 160 Å². The fourth-order valence-electron chi connectivity index (χ4n) is 3.02. The van der Waals surface area contributed by atoms with Crippen molar-refractivity contribution in [3.8, 4) is 0 Å². The first-order valence-electron chi connectivity index (χ1n) is 9.08. The summed E-state index contributed by atoms with van der Waals surface area (Å²) in [6.45, 7) is 2.22. The molecule has 142 valence electrons. The zero-order valence-corrected chi connectivity index (χ0v) is 16.1. The molecule has 0 aliphatic carbocycles. The van der Waals surface area contributed by atoms with Gasteiger partial charge in [0.2, 0.25) is 5.91 Å². The Morgan fingerprint density at radius 1 is 1.22 bits per heavy atom. The number of aryl methyl sites for hydroxylation is 1. The van der Waals surface area contributed by atoms with Crippen LogP contribution in [0.15, 0.2) is 51.4 Å². The number of nitrogens with one attached hydrogen (secondary N) is 2. The third-order valence-electron chi connectivity index (χ3n) is 4.49.